The standard InChI is InChI=1S/C22H17F2NO/c23-18-7-3-5-16(11-18)22(26,17-6-4-8-19(24)12-17)13-15-14-25-21-10-2-1-9-20(15)21/h1-12,14,25-26H,13H2. The number of hydrogen-bond acceptors (Lipinski definition) is 1. The summed E-state index contributed by atoms with van der Waals surface area (Å²) in [5.41, 5.74) is 1.02. The van der Waals surface area contributed by atoms with Crippen molar-refractivity contribution in [2.75, 3.05) is 0 Å². The van der Waals surface area contributed by atoms with Gasteiger partial charge in [0.25, 0.3) is 0 Å². The molecule has 0 saturated carbocycles. The van der Waals surface area contributed by atoms with E-state index in [0.717, 1.165) is 16.5 Å². The summed E-state index contributed by atoms with van der Waals surface area (Å²) in [4.78, 5) is 3.18. The quantitative estimate of drug-likeness (QED) is 0.539. The van der Waals surface area contributed by atoms with Gasteiger partial charge < -0.3 is 10.1 Å². The van der Waals surface area contributed by atoms with Crippen LogP contribution in [0, 0.1) is 11.6 Å². The maximum absolute atomic E-state index is 13.8. The second-order valence-electron chi connectivity index (χ2n) is 6.42. The van der Waals surface area contributed by atoms with Gasteiger partial charge in [-0.15, -0.1) is 0 Å². The average molecular weight is 349 g/mol. The minimum absolute atomic E-state index is 0.184. The van der Waals surface area contributed by atoms with Crippen LogP contribution >= 0.6 is 0 Å². The van der Waals surface area contributed by atoms with Gasteiger partial charge in [-0.25, -0.2) is 8.78 Å². The molecule has 0 aliphatic rings. The molecule has 4 aromatic rings. The van der Waals surface area contributed by atoms with Gasteiger partial charge >= 0.3 is 0 Å². The Morgan fingerprint density at radius 2 is 1.42 bits per heavy atom. The minimum atomic E-state index is -1.56. The van der Waals surface area contributed by atoms with Crippen molar-refractivity contribution in [3.8, 4) is 0 Å². The number of hydrogen-bond donors (Lipinski definition) is 2. The lowest BCUT2D eigenvalue weighted by Crippen LogP contribution is -2.30. The fraction of sp³-hybridized carbons (Fsp3) is 0.0909. The molecule has 0 aliphatic heterocycles. The van der Waals surface area contributed by atoms with Crippen LogP contribution in [0.3, 0.4) is 0 Å². The molecule has 0 atom stereocenters. The lowest BCUT2D eigenvalue weighted by molar-refractivity contribution is 0.0808. The van der Waals surface area contributed by atoms with Crippen molar-refractivity contribution in [2.45, 2.75) is 12.0 Å². The summed E-state index contributed by atoms with van der Waals surface area (Å²) in [6.45, 7) is 0. The summed E-state index contributed by atoms with van der Waals surface area (Å²) in [5, 5.41) is 12.6. The smallest absolute Gasteiger partial charge is 0.123 e. The van der Waals surface area contributed by atoms with Crippen LogP contribution in [0.5, 0.6) is 0 Å². The monoisotopic (exact) mass is 349 g/mol. The number of halogens is 2. The van der Waals surface area contributed by atoms with Crippen LogP contribution in [-0.2, 0) is 12.0 Å². The van der Waals surface area contributed by atoms with Crippen LogP contribution in [0.4, 0.5) is 8.78 Å². The predicted octanol–water partition coefficient (Wildman–Crippen LogP) is 4.92. The molecule has 0 radical (unpaired) electrons. The molecule has 4 heteroatoms. The molecule has 3 aromatic carbocycles. The van der Waals surface area contributed by atoms with Crippen molar-refractivity contribution in [3.05, 3.63) is 107 Å². The van der Waals surface area contributed by atoms with Crippen LogP contribution in [0.25, 0.3) is 10.9 Å². The van der Waals surface area contributed by atoms with Gasteiger partial charge in [0.1, 0.15) is 17.2 Å². The van der Waals surface area contributed by atoms with Crippen molar-refractivity contribution in [3.63, 3.8) is 0 Å². The zero-order valence-corrected chi connectivity index (χ0v) is 13.9. The Labute approximate surface area is 149 Å². The number of nitrogens with one attached hydrogen (secondary N) is 1. The molecule has 130 valence electrons. The molecule has 0 aliphatic carbocycles. The summed E-state index contributed by atoms with van der Waals surface area (Å²) in [6, 6.07) is 19.4. The van der Waals surface area contributed by atoms with Gasteiger partial charge in [-0.1, -0.05) is 42.5 Å². The number of H-pyrrole nitrogens is 1. The van der Waals surface area contributed by atoms with Crippen molar-refractivity contribution >= 4 is 10.9 Å². The van der Waals surface area contributed by atoms with Crippen LogP contribution in [0.15, 0.2) is 79.0 Å². The highest BCUT2D eigenvalue weighted by molar-refractivity contribution is 5.83. The highest BCUT2D eigenvalue weighted by Crippen LogP contribution is 2.35. The van der Waals surface area contributed by atoms with E-state index in [1.807, 2.05) is 30.5 Å². The normalized spacial score (nSPS) is 11.8. The first kappa shape index (κ1) is 16.5. The zero-order valence-electron chi connectivity index (χ0n) is 13.9. The Morgan fingerprint density at radius 1 is 0.808 bits per heavy atom. The second kappa shape index (κ2) is 6.39. The van der Waals surface area contributed by atoms with E-state index >= 15 is 0 Å². The van der Waals surface area contributed by atoms with E-state index in [1.165, 1.54) is 24.3 Å². The van der Waals surface area contributed by atoms with E-state index in [4.69, 9.17) is 0 Å². The van der Waals surface area contributed by atoms with Gasteiger partial charge in [0.15, 0.2) is 0 Å². The Balaban J connectivity index is 1.88. The highest BCUT2D eigenvalue weighted by Gasteiger charge is 2.33. The largest absolute Gasteiger partial charge is 0.380 e. The van der Waals surface area contributed by atoms with Crippen molar-refractivity contribution in [2.24, 2.45) is 0 Å². The van der Waals surface area contributed by atoms with Crippen molar-refractivity contribution < 1.29 is 13.9 Å². The van der Waals surface area contributed by atoms with Gasteiger partial charge in [-0.2, -0.15) is 0 Å². The first-order valence-corrected chi connectivity index (χ1v) is 8.36. The molecule has 1 heterocycles. The SMILES string of the molecule is OC(Cc1c[nH]c2ccccc12)(c1cccc(F)c1)c1cccc(F)c1. The Bertz CT molecular complexity index is 1020. The third kappa shape index (κ3) is 2.89. The molecular weight excluding hydrogens is 332 g/mol. The zero-order chi connectivity index (χ0) is 18.1. The van der Waals surface area contributed by atoms with Gasteiger partial charge in [0.2, 0.25) is 0 Å². The molecule has 26 heavy (non-hydrogen) atoms. The Morgan fingerprint density at radius 3 is 2.04 bits per heavy atom. The lowest BCUT2D eigenvalue weighted by atomic mass is 9.81. The first-order chi connectivity index (χ1) is 12.6. The number of para-hydroxylation sites is 1. The van der Waals surface area contributed by atoms with E-state index < -0.39 is 17.2 Å². The maximum atomic E-state index is 13.8. The van der Waals surface area contributed by atoms with Gasteiger partial charge in [-0.05, 0) is 47.0 Å². The summed E-state index contributed by atoms with van der Waals surface area (Å²) < 4.78 is 27.7. The molecule has 0 unspecified atom stereocenters. The molecule has 0 spiro atoms. The van der Waals surface area contributed by atoms with Gasteiger partial charge in [0, 0.05) is 23.5 Å². The van der Waals surface area contributed by atoms with E-state index in [1.54, 1.807) is 24.3 Å². The van der Waals surface area contributed by atoms with E-state index in [9.17, 15) is 13.9 Å². The third-order valence-electron chi connectivity index (χ3n) is 4.73. The van der Waals surface area contributed by atoms with E-state index in [2.05, 4.69) is 4.98 Å². The fourth-order valence-corrected chi connectivity index (χ4v) is 3.42. The van der Waals surface area contributed by atoms with Crippen LogP contribution in [0.1, 0.15) is 16.7 Å². The molecular formula is C22H17F2NO. The summed E-state index contributed by atoms with van der Waals surface area (Å²) in [6.07, 6.45) is 2.01. The Kier molecular flexibility index (Phi) is 4.05. The highest BCUT2D eigenvalue weighted by atomic mass is 19.1. The molecule has 2 nitrogen and oxygen atoms in total. The summed E-state index contributed by atoms with van der Waals surface area (Å²) >= 11 is 0. The molecule has 0 saturated heterocycles. The average Bonchev–Trinajstić information content (AvgIpc) is 3.04. The van der Waals surface area contributed by atoms with Crippen molar-refractivity contribution in [1.82, 2.24) is 4.98 Å². The minimum Gasteiger partial charge on any atom is -0.380 e. The molecule has 2 N–H and O–H groups in total. The van der Waals surface area contributed by atoms with Crippen LogP contribution < -0.4 is 0 Å². The third-order valence-corrected chi connectivity index (χ3v) is 4.73. The molecule has 0 fully saturated rings. The number of benzene rings is 3. The predicted molar refractivity (Wildman–Crippen MR) is 97.8 cm³/mol. The maximum Gasteiger partial charge on any atom is 0.123 e. The fourth-order valence-electron chi connectivity index (χ4n) is 3.42. The van der Waals surface area contributed by atoms with Crippen LogP contribution in [0.2, 0.25) is 0 Å². The molecule has 0 amide bonds. The van der Waals surface area contributed by atoms with E-state index in [-0.39, 0.29) is 6.42 Å². The van der Waals surface area contributed by atoms with Crippen molar-refractivity contribution in [1.29, 1.82) is 0 Å². The van der Waals surface area contributed by atoms with E-state index in [0.29, 0.717) is 11.1 Å². The number of aromatic nitrogens is 1. The Hall–Kier alpha value is -2.98. The summed E-state index contributed by atoms with van der Waals surface area (Å²) in [5.74, 6) is -0.896. The van der Waals surface area contributed by atoms with Gasteiger partial charge in [0.05, 0.1) is 0 Å². The lowest BCUT2D eigenvalue weighted by Gasteiger charge is -2.29. The van der Waals surface area contributed by atoms with Crippen LogP contribution in [-0.4, -0.2) is 10.1 Å². The number of aliphatic hydroxyl groups is 1. The molecule has 0 bridgehead atoms. The first-order valence-electron chi connectivity index (χ1n) is 8.36. The number of fused-ring (bicyclic) bond motifs is 1. The number of aromatic amines is 1. The van der Waals surface area contributed by atoms with Gasteiger partial charge in [-0.3, -0.25) is 0 Å². The number of rotatable bonds is 4. The second-order valence-corrected chi connectivity index (χ2v) is 6.42. The molecule has 1 aromatic heterocycles. The topological polar surface area (TPSA) is 36.0 Å². The summed E-state index contributed by atoms with van der Waals surface area (Å²) in [7, 11) is 0. The molecule has 4 rings (SSSR count).